The van der Waals surface area contributed by atoms with E-state index in [1.54, 1.807) is 0 Å². The number of nitrogens with one attached hydrogen (secondary N) is 2. The predicted molar refractivity (Wildman–Crippen MR) is 121 cm³/mol. The fourth-order valence-electron chi connectivity index (χ4n) is 4.59. The quantitative estimate of drug-likeness (QED) is 0.567. The highest BCUT2D eigenvalue weighted by Crippen LogP contribution is 2.44. The van der Waals surface area contributed by atoms with Gasteiger partial charge in [-0.3, -0.25) is 4.79 Å². The van der Waals surface area contributed by atoms with Gasteiger partial charge in [-0.2, -0.15) is 0 Å². The van der Waals surface area contributed by atoms with Gasteiger partial charge in [0.1, 0.15) is 12.6 Å². The Morgan fingerprint density at radius 1 is 1.09 bits per heavy atom. The van der Waals surface area contributed by atoms with Crippen LogP contribution in [-0.2, 0) is 19.1 Å². The second-order valence-corrected chi connectivity index (χ2v) is 8.34. The van der Waals surface area contributed by atoms with E-state index in [-0.39, 0.29) is 19.1 Å². The van der Waals surface area contributed by atoms with Crippen LogP contribution in [0.1, 0.15) is 43.2 Å². The highest BCUT2D eigenvalue weighted by Gasteiger charge is 2.37. The first-order valence-corrected chi connectivity index (χ1v) is 11.3. The average molecular weight is 453 g/mol. The Bertz CT molecular complexity index is 994. The van der Waals surface area contributed by atoms with Crippen LogP contribution in [0.5, 0.6) is 0 Å². The second-order valence-electron chi connectivity index (χ2n) is 8.34. The Labute approximate surface area is 192 Å². The van der Waals surface area contributed by atoms with Crippen molar-refractivity contribution < 1.29 is 29.0 Å². The van der Waals surface area contributed by atoms with Crippen LogP contribution in [0.2, 0.25) is 0 Å². The zero-order valence-electron chi connectivity index (χ0n) is 18.5. The Morgan fingerprint density at radius 3 is 2.33 bits per heavy atom. The molecule has 3 N–H and O–H groups in total. The smallest absolute Gasteiger partial charge is 0.407 e. The molecule has 0 radical (unpaired) electrons. The van der Waals surface area contributed by atoms with Crippen molar-refractivity contribution in [3.8, 4) is 11.1 Å². The summed E-state index contributed by atoms with van der Waals surface area (Å²) >= 11 is 0. The lowest BCUT2D eigenvalue weighted by atomic mass is 9.98. The lowest BCUT2D eigenvalue weighted by Gasteiger charge is -2.22. The second kappa shape index (κ2) is 10.0. The SMILES string of the molecule is CCC[C@@H](NC(=O)C1OCCC1NC(=O)OCC1c2ccccc2-c2ccccc21)C(=O)O. The first kappa shape index (κ1) is 22.8. The number of fused-ring (bicyclic) bond motifs is 3. The van der Waals surface area contributed by atoms with Gasteiger partial charge in [0.15, 0.2) is 6.10 Å². The number of hydrogen-bond donors (Lipinski definition) is 3. The molecular weight excluding hydrogens is 424 g/mol. The molecule has 0 saturated carbocycles. The van der Waals surface area contributed by atoms with Crippen LogP contribution in [0.3, 0.4) is 0 Å². The summed E-state index contributed by atoms with van der Waals surface area (Å²) in [6.45, 7) is 2.30. The summed E-state index contributed by atoms with van der Waals surface area (Å²) < 4.78 is 11.0. The zero-order valence-corrected chi connectivity index (χ0v) is 18.5. The van der Waals surface area contributed by atoms with Crippen molar-refractivity contribution in [2.75, 3.05) is 13.2 Å². The highest BCUT2D eigenvalue weighted by molar-refractivity contribution is 5.87. The molecule has 2 aromatic carbocycles. The molecule has 4 rings (SSSR count). The molecular formula is C25H28N2O6. The number of carboxylic acid groups (broad SMARTS) is 1. The number of carbonyl (C=O) groups is 3. The van der Waals surface area contributed by atoms with Crippen molar-refractivity contribution in [1.29, 1.82) is 0 Å². The summed E-state index contributed by atoms with van der Waals surface area (Å²) in [7, 11) is 0. The molecule has 0 bridgehead atoms. The van der Waals surface area contributed by atoms with Gasteiger partial charge in [0.2, 0.25) is 0 Å². The number of carbonyl (C=O) groups excluding carboxylic acids is 2. The van der Waals surface area contributed by atoms with Crippen molar-refractivity contribution in [2.24, 2.45) is 0 Å². The number of amides is 2. The predicted octanol–water partition coefficient (Wildman–Crippen LogP) is 3.05. The minimum atomic E-state index is -1.09. The number of ether oxygens (including phenoxy) is 2. The molecule has 3 atom stereocenters. The fourth-order valence-corrected chi connectivity index (χ4v) is 4.59. The molecule has 2 aliphatic rings. The first-order chi connectivity index (χ1) is 16.0. The number of alkyl carbamates (subject to hydrolysis) is 1. The summed E-state index contributed by atoms with van der Waals surface area (Å²) in [4.78, 5) is 36.5. The molecule has 0 aromatic heterocycles. The summed E-state index contributed by atoms with van der Waals surface area (Å²) in [5.74, 6) is -1.70. The molecule has 33 heavy (non-hydrogen) atoms. The third-order valence-electron chi connectivity index (χ3n) is 6.19. The van der Waals surface area contributed by atoms with Crippen molar-refractivity contribution in [2.45, 2.75) is 50.3 Å². The van der Waals surface area contributed by atoms with E-state index >= 15 is 0 Å². The monoisotopic (exact) mass is 452 g/mol. The maximum absolute atomic E-state index is 12.6. The van der Waals surface area contributed by atoms with E-state index < -0.39 is 36.2 Å². The van der Waals surface area contributed by atoms with Gasteiger partial charge in [-0.15, -0.1) is 0 Å². The van der Waals surface area contributed by atoms with Crippen LogP contribution in [0.15, 0.2) is 48.5 Å². The topological polar surface area (TPSA) is 114 Å². The maximum Gasteiger partial charge on any atom is 0.407 e. The van der Waals surface area contributed by atoms with Gasteiger partial charge in [-0.05, 0) is 35.1 Å². The largest absolute Gasteiger partial charge is 0.480 e. The molecule has 2 aromatic rings. The standard InChI is InChI=1S/C25H28N2O6/c1-2-7-21(24(29)30)26-23(28)22-20(12-13-32-22)27-25(31)33-14-19-17-10-5-3-8-15(17)16-9-4-6-11-18(16)19/h3-6,8-11,19-22H,2,7,12-14H2,1H3,(H,26,28)(H,27,31)(H,29,30)/t20?,21-,22?/m1/s1. The first-order valence-electron chi connectivity index (χ1n) is 11.3. The molecule has 0 spiro atoms. The van der Waals surface area contributed by atoms with E-state index in [4.69, 9.17) is 9.47 Å². The van der Waals surface area contributed by atoms with Crippen LogP contribution < -0.4 is 10.6 Å². The molecule has 1 fully saturated rings. The molecule has 1 aliphatic heterocycles. The molecule has 8 heteroatoms. The molecule has 1 heterocycles. The van der Waals surface area contributed by atoms with E-state index in [0.717, 1.165) is 22.3 Å². The third-order valence-corrected chi connectivity index (χ3v) is 6.19. The minimum absolute atomic E-state index is 0.0626. The Hall–Kier alpha value is -3.39. The van der Waals surface area contributed by atoms with Crippen LogP contribution in [0.4, 0.5) is 4.79 Å². The average Bonchev–Trinajstić information content (AvgIpc) is 3.40. The van der Waals surface area contributed by atoms with Gasteiger partial charge < -0.3 is 25.2 Å². The zero-order chi connectivity index (χ0) is 23.4. The van der Waals surface area contributed by atoms with E-state index in [1.807, 2.05) is 43.3 Å². The summed E-state index contributed by atoms with van der Waals surface area (Å²) in [5.41, 5.74) is 4.51. The van der Waals surface area contributed by atoms with Crippen molar-refractivity contribution in [1.82, 2.24) is 10.6 Å². The lowest BCUT2D eigenvalue weighted by molar-refractivity contribution is -0.144. The number of hydrogen-bond acceptors (Lipinski definition) is 5. The number of rotatable bonds is 8. The molecule has 2 amide bonds. The van der Waals surface area contributed by atoms with Crippen molar-refractivity contribution in [3.63, 3.8) is 0 Å². The van der Waals surface area contributed by atoms with Crippen LogP contribution in [-0.4, -0.2) is 54.5 Å². The fraction of sp³-hybridized carbons (Fsp3) is 0.400. The molecule has 174 valence electrons. The highest BCUT2D eigenvalue weighted by atomic mass is 16.6. The van der Waals surface area contributed by atoms with Gasteiger partial charge >= 0.3 is 12.1 Å². The number of aliphatic carboxylic acids is 1. The third kappa shape index (κ3) is 4.85. The van der Waals surface area contributed by atoms with Gasteiger partial charge in [0.25, 0.3) is 5.91 Å². The van der Waals surface area contributed by atoms with Gasteiger partial charge in [0.05, 0.1) is 6.04 Å². The Kier molecular flexibility index (Phi) is 6.93. The molecule has 8 nitrogen and oxygen atoms in total. The van der Waals surface area contributed by atoms with Crippen LogP contribution >= 0.6 is 0 Å². The van der Waals surface area contributed by atoms with E-state index in [9.17, 15) is 19.5 Å². The minimum Gasteiger partial charge on any atom is -0.480 e. The van der Waals surface area contributed by atoms with Crippen LogP contribution in [0, 0.1) is 0 Å². The van der Waals surface area contributed by atoms with E-state index in [2.05, 4.69) is 22.8 Å². The van der Waals surface area contributed by atoms with Gasteiger partial charge in [0, 0.05) is 12.5 Å². The number of carboxylic acids is 1. The summed E-state index contributed by atoms with van der Waals surface area (Å²) in [6, 6.07) is 14.6. The normalized spacial score (nSPS) is 19.9. The number of benzene rings is 2. The Morgan fingerprint density at radius 2 is 1.73 bits per heavy atom. The Balaban J connectivity index is 1.36. The van der Waals surface area contributed by atoms with Gasteiger partial charge in [-0.1, -0.05) is 61.9 Å². The molecule has 1 saturated heterocycles. The van der Waals surface area contributed by atoms with Crippen molar-refractivity contribution in [3.05, 3.63) is 59.7 Å². The summed E-state index contributed by atoms with van der Waals surface area (Å²) in [6.07, 6.45) is -0.214. The molecule has 2 unspecified atom stereocenters. The van der Waals surface area contributed by atoms with Gasteiger partial charge in [-0.25, -0.2) is 9.59 Å². The van der Waals surface area contributed by atoms with E-state index in [0.29, 0.717) is 19.3 Å². The van der Waals surface area contributed by atoms with Crippen molar-refractivity contribution >= 4 is 18.0 Å². The maximum atomic E-state index is 12.6. The molecule has 1 aliphatic carbocycles. The lowest BCUT2D eigenvalue weighted by Crippen LogP contribution is -2.52. The van der Waals surface area contributed by atoms with E-state index in [1.165, 1.54) is 0 Å². The summed E-state index contributed by atoms with van der Waals surface area (Å²) in [5, 5.41) is 14.5. The van der Waals surface area contributed by atoms with Crippen LogP contribution in [0.25, 0.3) is 11.1 Å².